The van der Waals surface area contributed by atoms with Crippen LogP contribution < -0.4 is 10.9 Å². The highest BCUT2D eigenvalue weighted by atomic mass is 16.6. The zero-order chi connectivity index (χ0) is 21.6. The molecular formula is C20H27N3O6. The van der Waals surface area contributed by atoms with Crippen molar-refractivity contribution in [2.24, 2.45) is 5.92 Å². The van der Waals surface area contributed by atoms with Gasteiger partial charge in [-0.05, 0) is 57.9 Å². The van der Waals surface area contributed by atoms with Crippen molar-refractivity contribution in [1.29, 1.82) is 0 Å². The van der Waals surface area contributed by atoms with Gasteiger partial charge in [-0.2, -0.15) is 0 Å². The molecule has 0 aliphatic carbocycles. The molecule has 1 aliphatic heterocycles. The molecule has 1 fully saturated rings. The lowest BCUT2D eigenvalue weighted by Crippen LogP contribution is -2.48. The number of methoxy groups -OCH3 is 1. The third kappa shape index (κ3) is 6.48. The molecule has 158 valence electrons. The van der Waals surface area contributed by atoms with Gasteiger partial charge in [0.05, 0.1) is 12.7 Å². The highest BCUT2D eigenvalue weighted by Crippen LogP contribution is 2.19. The van der Waals surface area contributed by atoms with Crippen LogP contribution in [0, 0.1) is 5.92 Å². The quantitative estimate of drug-likeness (QED) is 0.586. The number of nitrogens with one attached hydrogen (secondary N) is 2. The number of carbonyl (C=O) groups excluding carboxylic acids is 4. The van der Waals surface area contributed by atoms with Crippen LogP contribution in [0.4, 0.5) is 4.79 Å². The molecule has 1 aliphatic rings. The van der Waals surface area contributed by atoms with E-state index in [-0.39, 0.29) is 23.5 Å². The molecule has 9 heteroatoms. The van der Waals surface area contributed by atoms with Crippen LogP contribution in [0.15, 0.2) is 24.3 Å². The van der Waals surface area contributed by atoms with E-state index >= 15 is 0 Å². The lowest BCUT2D eigenvalue weighted by atomic mass is 9.96. The first-order valence-corrected chi connectivity index (χ1v) is 9.37. The first-order chi connectivity index (χ1) is 13.6. The zero-order valence-corrected chi connectivity index (χ0v) is 17.1. The average Bonchev–Trinajstić information content (AvgIpc) is 2.70. The lowest BCUT2D eigenvalue weighted by molar-refractivity contribution is -0.127. The molecule has 0 bridgehead atoms. The van der Waals surface area contributed by atoms with Crippen molar-refractivity contribution in [2.45, 2.75) is 39.2 Å². The Morgan fingerprint density at radius 1 is 0.966 bits per heavy atom. The Hall–Kier alpha value is -3.10. The maximum absolute atomic E-state index is 12.3. The Bertz CT molecular complexity index is 761. The fraction of sp³-hybridized carbons (Fsp3) is 0.500. The Morgan fingerprint density at radius 2 is 1.52 bits per heavy atom. The minimum absolute atomic E-state index is 0.290. The molecule has 29 heavy (non-hydrogen) atoms. The van der Waals surface area contributed by atoms with Crippen LogP contribution in [0.25, 0.3) is 0 Å². The third-order valence-electron chi connectivity index (χ3n) is 4.38. The summed E-state index contributed by atoms with van der Waals surface area (Å²) in [5.74, 6) is -1.62. The molecule has 0 aromatic heterocycles. The van der Waals surface area contributed by atoms with E-state index in [4.69, 9.17) is 4.74 Å². The molecule has 0 saturated carbocycles. The minimum atomic E-state index is -0.565. The number of rotatable bonds is 3. The van der Waals surface area contributed by atoms with Gasteiger partial charge in [-0.3, -0.25) is 20.4 Å². The lowest BCUT2D eigenvalue weighted by Gasteiger charge is -2.32. The molecule has 2 N–H and O–H groups in total. The molecule has 1 heterocycles. The Labute approximate surface area is 169 Å². The van der Waals surface area contributed by atoms with Crippen molar-refractivity contribution in [3.05, 3.63) is 35.4 Å². The molecule has 0 radical (unpaired) electrons. The first kappa shape index (κ1) is 22.2. The van der Waals surface area contributed by atoms with Gasteiger partial charge in [0.25, 0.3) is 5.91 Å². The molecule has 0 unspecified atom stereocenters. The summed E-state index contributed by atoms with van der Waals surface area (Å²) in [5.41, 5.74) is 4.83. The van der Waals surface area contributed by atoms with Crippen LogP contribution in [0.1, 0.15) is 54.3 Å². The van der Waals surface area contributed by atoms with E-state index in [0.717, 1.165) is 0 Å². The number of ether oxygens (including phenoxy) is 2. The minimum Gasteiger partial charge on any atom is -0.465 e. The zero-order valence-electron chi connectivity index (χ0n) is 17.1. The summed E-state index contributed by atoms with van der Waals surface area (Å²) in [6.07, 6.45) is 0.573. The van der Waals surface area contributed by atoms with Crippen LogP contribution in [-0.2, 0) is 14.3 Å². The second-order valence-corrected chi connectivity index (χ2v) is 7.75. The van der Waals surface area contributed by atoms with Crippen molar-refractivity contribution in [3.8, 4) is 0 Å². The van der Waals surface area contributed by atoms with E-state index in [1.54, 1.807) is 25.7 Å². The van der Waals surface area contributed by atoms with Gasteiger partial charge < -0.3 is 14.4 Å². The monoisotopic (exact) mass is 405 g/mol. The van der Waals surface area contributed by atoms with E-state index < -0.39 is 17.5 Å². The molecule has 1 aromatic carbocycles. The van der Waals surface area contributed by atoms with Crippen LogP contribution in [0.2, 0.25) is 0 Å². The molecular weight excluding hydrogens is 378 g/mol. The number of nitrogens with zero attached hydrogens (tertiary/aromatic N) is 1. The van der Waals surface area contributed by atoms with Crippen molar-refractivity contribution < 1.29 is 28.7 Å². The van der Waals surface area contributed by atoms with Gasteiger partial charge in [0.1, 0.15) is 5.60 Å². The van der Waals surface area contributed by atoms with E-state index in [9.17, 15) is 19.2 Å². The van der Waals surface area contributed by atoms with Crippen molar-refractivity contribution in [2.75, 3.05) is 20.2 Å². The average molecular weight is 405 g/mol. The second kappa shape index (κ2) is 9.40. The van der Waals surface area contributed by atoms with Crippen molar-refractivity contribution in [3.63, 3.8) is 0 Å². The van der Waals surface area contributed by atoms with Gasteiger partial charge in [-0.25, -0.2) is 9.59 Å². The van der Waals surface area contributed by atoms with Crippen LogP contribution in [-0.4, -0.2) is 54.6 Å². The molecule has 0 spiro atoms. The smallest absolute Gasteiger partial charge is 0.410 e. The summed E-state index contributed by atoms with van der Waals surface area (Å²) in [4.78, 5) is 49.5. The Balaban J connectivity index is 1.79. The van der Waals surface area contributed by atoms with Crippen LogP contribution in [0.3, 0.4) is 0 Å². The topological polar surface area (TPSA) is 114 Å². The SMILES string of the molecule is COC(=O)c1ccc(C(=O)NNC(=O)C2CCN(C(=O)OC(C)(C)C)CC2)cc1. The summed E-state index contributed by atoms with van der Waals surface area (Å²) in [6, 6.07) is 5.87. The molecule has 2 rings (SSSR count). The van der Waals surface area contributed by atoms with Gasteiger partial charge in [-0.15, -0.1) is 0 Å². The van der Waals surface area contributed by atoms with E-state index in [1.807, 2.05) is 0 Å². The molecule has 0 atom stereocenters. The third-order valence-corrected chi connectivity index (χ3v) is 4.38. The van der Waals surface area contributed by atoms with E-state index in [1.165, 1.54) is 31.4 Å². The Morgan fingerprint density at radius 3 is 2.03 bits per heavy atom. The number of hydrazine groups is 1. The van der Waals surface area contributed by atoms with Gasteiger partial charge in [0, 0.05) is 24.6 Å². The largest absolute Gasteiger partial charge is 0.465 e. The fourth-order valence-corrected chi connectivity index (χ4v) is 2.82. The van der Waals surface area contributed by atoms with Crippen LogP contribution in [0.5, 0.6) is 0 Å². The highest BCUT2D eigenvalue weighted by molar-refractivity contribution is 5.97. The van der Waals surface area contributed by atoms with E-state index in [2.05, 4.69) is 15.6 Å². The summed E-state index contributed by atoms with van der Waals surface area (Å²) < 4.78 is 9.93. The van der Waals surface area contributed by atoms with E-state index in [0.29, 0.717) is 31.5 Å². The van der Waals surface area contributed by atoms with Gasteiger partial charge >= 0.3 is 12.1 Å². The van der Waals surface area contributed by atoms with Gasteiger partial charge in [0.15, 0.2) is 0 Å². The van der Waals surface area contributed by atoms with Gasteiger partial charge in [0.2, 0.25) is 5.91 Å². The van der Waals surface area contributed by atoms with Crippen molar-refractivity contribution >= 4 is 23.9 Å². The Kier molecular flexibility index (Phi) is 7.19. The number of benzene rings is 1. The summed E-state index contributed by atoms with van der Waals surface area (Å²) >= 11 is 0. The number of likely N-dealkylation sites (tertiary alicyclic amines) is 1. The summed E-state index contributed by atoms with van der Waals surface area (Å²) in [5, 5.41) is 0. The predicted octanol–water partition coefficient (Wildman–Crippen LogP) is 1.88. The standard InChI is InChI=1S/C20H27N3O6/c1-20(2,3)29-19(27)23-11-9-14(10-12-23)17(25)22-21-16(24)13-5-7-15(8-6-13)18(26)28-4/h5-8,14H,9-12H2,1-4H3,(H,21,24)(H,22,25). The first-order valence-electron chi connectivity index (χ1n) is 9.37. The normalized spacial score (nSPS) is 14.7. The number of amides is 3. The number of hydrogen-bond donors (Lipinski definition) is 2. The second-order valence-electron chi connectivity index (χ2n) is 7.75. The maximum atomic E-state index is 12.3. The summed E-state index contributed by atoms with van der Waals surface area (Å²) in [7, 11) is 1.27. The molecule has 3 amide bonds. The van der Waals surface area contributed by atoms with Gasteiger partial charge in [-0.1, -0.05) is 0 Å². The van der Waals surface area contributed by atoms with Crippen molar-refractivity contribution in [1.82, 2.24) is 15.8 Å². The fourth-order valence-electron chi connectivity index (χ4n) is 2.82. The highest BCUT2D eigenvalue weighted by Gasteiger charge is 2.30. The molecule has 1 saturated heterocycles. The maximum Gasteiger partial charge on any atom is 0.410 e. The summed E-state index contributed by atoms with van der Waals surface area (Å²) in [6.45, 7) is 6.23. The molecule has 9 nitrogen and oxygen atoms in total. The number of hydrogen-bond acceptors (Lipinski definition) is 6. The number of esters is 1. The molecule has 1 aromatic rings. The number of piperidine rings is 1. The van der Waals surface area contributed by atoms with Crippen LogP contribution >= 0.6 is 0 Å². The number of carbonyl (C=O) groups is 4. The predicted molar refractivity (Wildman–Crippen MR) is 104 cm³/mol.